The predicted molar refractivity (Wildman–Crippen MR) is 110 cm³/mol. The van der Waals surface area contributed by atoms with Crippen molar-refractivity contribution in [3.63, 3.8) is 0 Å². The fourth-order valence-corrected chi connectivity index (χ4v) is 3.95. The van der Waals surface area contributed by atoms with Gasteiger partial charge in [-0.15, -0.1) is 10.2 Å². The minimum atomic E-state index is -0.0544. The molecule has 1 saturated carbocycles. The fourth-order valence-electron chi connectivity index (χ4n) is 3.95. The fraction of sp³-hybridized carbons (Fsp3) is 0.524. The number of amides is 2. The first-order valence-corrected chi connectivity index (χ1v) is 10.2. The van der Waals surface area contributed by atoms with Crippen LogP contribution in [0.2, 0.25) is 0 Å². The second-order valence-electron chi connectivity index (χ2n) is 8.23. The van der Waals surface area contributed by atoms with E-state index in [9.17, 15) is 9.59 Å². The minimum Gasteiger partial charge on any atom is -0.345 e. The molecule has 2 aliphatic rings. The van der Waals surface area contributed by atoms with Gasteiger partial charge in [-0.05, 0) is 56.5 Å². The molecule has 2 fully saturated rings. The molecule has 1 atom stereocenters. The maximum absolute atomic E-state index is 12.5. The van der Waals surface area contributed by atoms with Crippen LogP contribution in [-0.4, -0.2) is 70.1 Å². The van der Waals surface area contributed by atoms with Crippen LogP contribution in [0.15, 0.2) is 30.6 Å². The van der Waals surface area contributed by atoms with Crippen molar-refractivity contribution in [2.75, 3.05) is 39.0 Å². The molecule has 1 N–H and O–H groups in total. The van der Waals surface area contributed by atoms with Crippen LogP contribution in [0.4, 0.5) is 5.69 Å². The number of hydrogen-bond donors (Lipinski definition) is 1. The molecular weight excluding hydrogens is 368 g/mol. The molecule has 8 heteroatoms. The molecule has 2 heterocycles. The Labute approximate surface area is 170 Å². The Morgan fingerprint density at radius 1 is 1.17 bits per heavy atom. The maximum atomic E-state index is 12.5. The highest BCUT2D eigenvalue weighted by Crippen LogP contribution is 2.38. The van der Waals surface area contributed by atoms with Crippen molar-refractivity contribution in [1.82, 2.24) is 24.6 Å². The van der Waals surface area contributed by atoms with Crippen LogP contribution in [0.25, 0.3) is 0 Å². The third kappa shape index (κ3) is 4.64. The van der Waals surface area contributed by atoms with Crippen molar-refractivity contribution in [3.8, 4) is 0 Å². The number of carbonyl (C=O) groups is 2. The van der Waals surface area contributed by atoms with Gasteiger partial charge in [-0.1, -0.05) is 0 Å². The third-order valence-corrected chi connectivity index (χ3v) is 5.60. The highest BCUT2D eigenvalue weighted by molar-refractivity contribution is 5.96. The molecule has 1 unspecified atom stereocenters. The van der Waals surface area contributed by atoms with E-state index in [0.29, 0.717) is 29.8 Å². The SMILES string of the molecule is CN(C)C(=O)c1ccc(NC(=O)CN2CCCC(c3nncn3C3CC3)C2)cc1. The molecule has 154 valence electrons. The van der Waals surface area contributed by atoms with Gasteiger partial charge in [0.25, 0.3) is 5.91 Å². The van der Waals surface area contributed by atoms with Gasteiger partial charge in [-0.2, -0.15) is 0 Å². The number of anilines is 1. The van der Waals surface area contributed by atoms with Crippen LogP contribution < -0.4 is 5.32 Å². The lowest BCUT2D eigenvalue weighted by atomic mass is 9.97. The molecule has 0 radical (unpaired) electrons. The van der Waals surface area contributed by atoms with Crippen LogP contribution in [-0.2, 0) is 4.79 Å². The van der Waals surface area contributed by atoms with E-state index in [4.69, 9.17) is 0 Å². The van der Waals surface area contributed by atoms with Crippen molar-refractivity contribution in [2.45, 2.75) is 37.6 Å². The standard InChI is InChI=1S/C21H28N6O2/c1-25(2)21(29)15-5-7-17(8-6-15)23-19(28)13-26-11-3-4-16(12-26)20-24-22-14-27(20)18-9-10-18/h5-8,14,16,18H,3-4,9-13H2,1-2H3,(H,23,28). The average molecular weight is 396 g/mol. The summed E-state index contributed by atoms with van der Waals surface area (Å²) >= 11 is 0. The monoisotopic (exact) mass is 396 g/mol. The van der Waals surface area contributed by atoms with E-state index in [1.54, 1.807) is 38.4 Å². The lowest BCUT2D eigenvalue weighted by Gasteiger charge is -2.31. The first-order valence-electron chi connectivity index (χ1n) is 10.2. The summed E-state index contributed by atoms with van der Waals surface area (Å²) in [4.78, 5) is 28.2. The van der Waals surface area contributed by atoms with Crippen LogP contribution in [0.1, 0.15) is 53.8 Å². The van der Waals surface area contributed by atoms with Gasteiger partial charge in [0.2, 0.25) is 5.91 Å². The number of hydrogen-bond acceptors (Lipinski definition) is 5. The molecule has 8 nitrogen and oxygen atoms in total. The predicted octanol–water partition coefficient (Wildman–Crippen LogP) is 2.13. The Kier molecular flexibility index (Phi) is 5.62. The molecule has 4 rings (SSSR count). The van der Waals surface area contributed by atoms with Gasteiger partial charge in [0.05, 0.1) is 6.54 Å². The van der Waals surface area contributed by atoms with Gasteiger partial charge < -0.3 is 14.8 Å². The number of aromatic nitrogens is 3. The Morgan fingerprint density at radius 2 is 1.93 bits per heavy atom. The zero-order chi connectivity index (χ0) is 20.4. The van der Waals surface area contributed by atoms with Gasteiger partial charge >= 0.3 is 0 Å². The zero-order valence-electron chi connectivity index (χ0n) is 17.0. The summed E-state index contributed by atoms with van der Waals surface area (Å²) in [6.45, 7) is 2.10. The van der Waals surface area contributed by atoms with Gasteiger partial charge in [0.1, 0.15) is 12.2 Å². The summed E-state index contributed by atoms with van der Waals surface area (Å²) in [5.74, 6) is 1.30. The van der Waals surface area contributed by atoms with Crippen LogP contribution in [0.5, 0.6) is 0 Å². The lowest BCUT2D eigenvalue weighted by molar-refractivity contribution is -0.117. The zero-order valence-corrected chi connectivity index (χ0v) is 17.0. The van der Waals surface area contributed by atoms with Crippen molar-refractivity contribution in [1.29, 1.82) is 0 Å². The van der Waals surface area contributed by atoms with Gasteiger partial charge in [-0.3, -0.25) is 14.5 Å². The number of likely N-dealkylation sites (tertiary alicyclic amines) is 1. The number of nitrogens with one attached hydrogen (secondary N) is 1. The quantitative estimate of drug-likeness (QED) is 0.809. The van der Waals surface area contributed by atoms with Gasteiger partial charge in [0.15, 0.2) is 0 Å². The summed E-state index contributed by atoms with van der Waals surface area (Å²) in [6, 6.07) is 7.58. The summed E-state index contributed by atoms with van der Waals surface area (Å²) in [5, 5.41) is 11.4. The molecule has 2 aromatic rings. The Balaban J connectivity index is 1.32. The number of carbonyl (C=O) groups excluding carboxylic acids is 2. The molecule has 1 saturated heterocycles. The number of piperidine rings is 1. The summed E-state index contributed by atoms with van der Waals surface area (Å²) < 4.78 is 2.23. The minimum absolute atomic E-state index is 0.0407. The lowest BCUT2D eigenvalue weighted by Crippen LogP contribution is -2.40. The Hall–Kier alpha value is -2.74. The number of benzene rings is 1. The molecule has 1 aromatic carbocycles. The van der Waals surface area contributed by atoms with Gasteiger partial charge in [-0.25, -0.2) is 0 Å². The van der Waals surface area contributed by atoms with Crippen molar-refractivity contribution in [2.24, 2.45) is 0 Å². The topological polar surface area (TPSA) is 83.4 Å². The van der Waals surface area contributed by atoms with E-state index in [1.807, 2.05) is 6.33 Å². The molecule has 29 heavy (non-hydrogen) atoms. The van der Waals surface area contributed by atoms with E-state index in [-0.39, 0.29) is 11.8 Å². The first kappa shape index (κ1) is 19.6. The summed E-state index contributed by atoms with van der Waals surface area (Å²) in [5.41, 5.74) is 1.30. The number of rotatable bonds is 6. The second kappa shape index (κ2) is 8.32. The van der Waals surface area contributed by atoms with E-state index >= 15 is 0 Å². The largest absolute Gasteiger partial charge is 0.345 e. The van der Waals surface area contributed by atoms with Crippen molar-refractivity contribution >= 4 is 17.5 Å². The Bertz CT molecular complexity index is 872. The molecule has 0 spiro atoms. The molecule has 1 aliphatic carbocycles. The molecular formula is C21H28N6O2. The van der Waals surface area contributed by atoms with Gasteiger partial charge in [0, 0.05) is 43.9 Å². The second-order valence-corrected chi connectivity index (χ2v) is 8.23. The van der Waals surface area contributed by atoms with E-state index < -0.39 is 0 Å². The smallest absolute Gasteiger partial charge is 0.253 e. The van der Waals surface area contributed by atoms with Crippen LogP contribution in [0.3, 0.4) is 0 Å². The molecule has 1 aromatic heterocycles. The highest BCUT2D eigenvalue weighted by Gasteiger charge is 2.31. The molecule has 0 bridgehead atoms. The average Bonchev–Trinajstić information content (AvgIpc) is 3.44. The van der Waals surface area contributed by atoms with Crippen LogP contribution in [0, 0.1) is 0 Å². The Morgan fingerprint density at radius 3 is 2.62 bits per heavy atom. The molecule has 1 aliphatic heterocycles. The highest BCUT2D eigenvalue weighted by atomic mass is 16.2. The number of nitrogens with zero attached hydrogens (tertiary/aromatic N) is 5. The maximum Gasteiger partial charge on any atom is 0.253 e. The summed E-state index contributed by atoms with van der Waals surface area (Å²) in [7, 11) is 3.44. The van der Waals surface area contributed by atoms with Crippen LogP contribution >= 0.6 is 0 Å². The van der Waals surface area contributed by atoms with E-state index in [1.165, 1.54) is 17.7 Å². The first-order chi connectivity index (χ1) is 14.0. The molecule has 2 amide bonds. The summed E-state index contributed by atoms with van der Waals surface area (Å²) in [6.07, 6.45) is 6.41. The third-order valence-electron chi connectivity index (χ3n) is 5.60. The van der Waals surface area contributed by atoms with Crippen molar-refractivity contribution < 1.29 is 9.59 Å². The normalized spacial score (nSPS) is 19.7. The van der Waals surface area contributed by atoms with E-state index in [2.05, 4.69) is 25.0 Å². The van der Waals surface area contributed by atoms with Crippen molar-refractivity contribution in [3.05, 3.63) is 42.0 Å². The van der Waals surface area contributed by atoms with E-state index in [0.717, 1.165) is 31.8 Å².